The van der Waals surface area contributed by atoms with Gasteiger partial charge in [0, 0.05) is 11.3 Å². The summed E-state index contributed by atoms with van der Waals surface area (Å²) in [6.45, 7) is 2.79. The molecular weight excluding hydrogens is 268 g/mol. The van der Waals surface area contributed by atoms with Gasteiger partial charge in [0.2, 0.25) is 5.91 Å². The molecule has 1 aromatic heterocycles. The lowest BCUT2D eigenvalue weighted by Gasteiger charge is -2.22. The van der Waals surface area contributed by atoms with Crippen LogP contribution in [0.5, 0.6) is 0 Å². The van der Waals surface area contributed by atoms with Crippen LogP contribution in [0.25, 0.3) is 0 Å². The number of hydrogen-bond acceptors (Lipinski definition) is 3. The fourth-order valence-corrected chi connectivity index (χ4v) is 3.25. The molecule has 0 radical (unpaired) electrons. The maximum Gasteiger partial charge on any atom is 0.220 e. The molecule has 2 N–H and O–H groups in total. The van der Waals surface area contributed by atoms with Crippen molar-refractivity contribution in [2.45, 2.75) is 32.2 Å². The highest BCUT2D eigenvalue weighted by Gasteiger charge is 2.14. The molecule has 0 aromatic carbocycles. The summed E-state index contributed by atoms with van der Waals surface area (Å²) in [6.07, 6.45) is 4.06. The Morgan fingerprint density at radius 2 is 2.22 bits per heavy atom. The molecule has 1 aliphatic rings. The summed E-state index contributed by atoms with van der Waals surface area (Å²) in [5.41, 5.74) is 0. The van der Waals surface area contributed by atoms with E-state index < -0.39 is 0 Å². The fraction of sp³-hybridized carbons (Fsp3) is 0.615. The zero-order valence-corrected chi connectivity index (χ0v) is 11.9. The Hall–Kier alpha value is -0.580. The number of carbonyl (C=O) groups excluding carboxylic acids is 1. The van der Waals surface area contributed by atoms with Crippen LogP contribution in [0.3, 0.4) is 0 Å². The van der Waals surface area contributed by atoms with E-state index in [0.29, 0.717) is 18.9 Å². The van der Waals surface area contributed by atoms with Gasteiger partial charge in [0.25, 0.3) is 0 Å². The highest BCUT2D eigenvalue weighted by atomic mass is 35.5. The Bertz CT molecular complexity index is 388. The van der Waals surface area contributed by atoms with Crippen molar-refractivity contribution in [3.63, 3.8) is 0 Å². The lowest BCUT2D eigenvalue weighted by Crippen LogP contribution is -2.29. The third kappa shape index (κ3) is 4.59. The van der Waals surface area contributed by atoms with Gasteiger partial charge in [0.1, 0.15) is 0 Å². The van der Waals surface area contributed by atoms with Gasteiger partial charge in [-0.05, 0) is 50.4 Å². The normalized spacial score (nSPS) is 16.7. The Morgan fingerprint density at radius 3 is 2.89 bits per heavy atom. The monoisotopic (exact) mass is 286 g/mol. The Kier molecular flexibility index (Phi) is 5.47. The molecule has 1 fully saturated rings. The summed E-state index contributed by atoms with van der Waals surface area (Å²) >= 11 is 7.36. The topological polar surface area (TPSA) is 41.1 Å². The number of rotatable bonds is 5. The predicted octanol–water partition coefficient (Wildman–Crippen LogP) is 2.80. The molecule has 2 heterocycles. The zero-order chi connectivity index (χ0) is 12.8. The summed E-state index contributed by atoms with van der Waals surface area (Å²) in [7, 11) is 0. The van der Waals surface area contributed by atoms with Gasteiger partial charge in [-0.15, -0.1) is 11.3 Å². The van der Waals surface area contributed by atoms with Crippen molar-refractivity contribution in [2.75, 3.05) is 13.1 Å². The fourth-order valence-electron chi connectivity index (χ4n) is 2.23. The second kappa shape index (κ2) is 7.12. The molecule has 1 amide bonds. The number of amides is 1. The van der Waals surface area contributed by atoms with E-state index in [1.54, 1.807) is 0 Å². The molecule has 18 heavy (non-hydrogen) atoms. The molecule has 1 aromatic rings. The van der Waals surface area contributed by atoms with Crippen molar-refractivity contribution in [1.29, 1.82) is 0 Å². The molecule has 1 saturated heterocycles. The number of halogens is 1. The van der Waals surface area contributed by atoms with Crippen molar-refractivity contribution in [1.82, 2.24) is 10.6 Å². The molecule has 0 unspecified atom stereocenters. The SMILES string of the molecule is O=C(CCC1CCNCC1)NCc1ccc(Cl)s1. The zero-order valence-electron chi connectivity index (χ0n) is 10.4. The molecule has 0 saturated carbocycles. The summed E-state index contributed by atoms with van der Waals surface area (Å²) in [4.78, 5) is 12.8. The quantitative estimate of drug-likeness (QED) is 0.874. The second-order valence-corrected chi connectivity index (χ2v) is 6.51. The van der Waals surface area contributed by atoms with Crippen LogP contribution in [-0.2, 0) is 11.3 Å². The van der Waals surface area contributed by atoms with E-state index in [9.17, 15) is 4.79 Å². The number of hydrogen-bond donors (Lipinski definition) is 2. The van der Waals surface area contributed by atoms with Crippen molar-refractivity contribution in [2.24, 2.45) is 5.92 Å². The summed E-state index contributed by atoms with van der Waals surface area (Å²) in [5.74, 6) is 0.867. The van der Waals surface area contributed by atoms with Crippen LogP contribution in [0.1, 0.15) is 30.6 Å². The lowest BCUT2D eigenvalue weighted by atomic mass is 9.93. The lowest BCUT2D eigenvalue weighted by molar-refractivity contribution is -0.121. The highest BCUT2D eigenvalue weighted by molar-refractivity contribution is 7.16. The van der Waals surface area contributed by atoms with E-state index in [1.165, 1.54) is 24.2 Å². The number of thiophene rings is 1. The van der Waals surface area contributed by atoms with E-state index in [2.05, 4.69) is 10.6 Å². The second-order valence-electron chi connectivity index (χ2n) is 4.71. The minimum absolute atomic E-state index is 0.151. The molecule has 2 rings (SSSR count). The van der Waals surface area contributed by atoms with Crippen LogP contribution in [0.4, 0.5) is 0 Å². The number of carbonyl (C=O) groups is 1. The first kappa shape index (κ1) is 13.8. The largest absolute Gasteiger partial charge is 0.351 e. The summed E-state index contributed by atoms with van der Waals surface area (Å²) < 4.78 is 0.772. The molecular formula is C13H19ClN2OS. The van der Waals surface area contributed by atoms with E-state index in [4.69, 9.17) is 11.6 Å². The first-order valence-corrected chi connectivity index (χ1v) is 7.65. The van der Waals surface area contributed by atoms with E-state index in [1.807, 2.05) is 12.1 Å². The summed E-state index contributed by atoms with van der Waals surface area (Å²) in [5, 5.41) is 6.29. The molecule has 0 bridgehead atoms. The minimum atomic E-state index is 0.151. The van der Waals surface area contributed by atoms with Crippen molar-refractivity contribution in [3.8, 4) is 0 Å². The molecule has 0 aliphatic carbocycles. The Morgan fingerprint density at radius 1 is 1.44 bits per heavy atom. The molecule has 100 valence electrons. The smallest absolute Gasteiger partial charge is 0.220 e. The van der Waals surface area contributed by atoms with Crippen LogP contribution in [0.15, 0.2) is 12.1 Å². The van der Waals surface area contributed by atoms with Crippen molar-refractivity contribution in [3.05, 3.63) is 21.3 Å². The van der Waals surface area contributed by atoms with Crippen LogP contribution in [0.2, 0.25) is 4.34 Å². The van der Waals surface area contributed by atoms with Gasteiger partial charge in [-0.25, -0.2) is 0 Å². The van der Waals surface area contributed by atoms with Crippen LogP contribution < -0.4 is 10.6 Å². The average molecular weight is 287 g/mol. The summed E-state index contributed by atoms with van der Waals surface area (Å²) in [6, 6.07) is 3.82. The minimum Gasteiger partial charge on any atom is -0.351 e. The Balaban J connectivity index is 1.62. The third-order valence-electron chi connectivity index (χ3n) is 3.33. The molecule has 5 heteroatoms. The molecule has 0 atom stereocenters. The first-order valence-electron chi connectivity index (χ1n) is 6.45. The van der Waals surface area contributed by atoms with Crippen molar-refractivity contribution < 1.29 is 4.79 Å². The molecule has 1 aliphatic heterocycles. The average Bonchev–Trinajstić information content (AvgIpc) is 2.81. The van der Waals surface area contributed by atoms with E-state index in [-0.39, 0.29) is 5.91 Å². The third-order valence-corrected chi connectivity index (χ3v) is 4.56. The van der Waals surface area contributed by atoms with Gasteiger partial charge >= 0.3 is 0 Å². The van der Waals surface area contributed by atoms with E-state index in [0.717, 1.165) is 28.7 Å². The van der Waals surface area contributed by atoms with Gasteiger partial charge in [0.05, 0.1) is 10.9 Å². The standard InChI is InChI=1S/C13H19ClN2OS/c14-12-3-2-11(18-12)9-16-13(17)4-1-10-5-7-15-8-6-10/h2-3,10,15H,1,4-9H2,(H,16,17). The first-order chi connectivity index (χ1) is 8.74. The Labute approximate surface area is 117 Å². The van der Waals surface area contributed by atoms with Gasteiger partial charge in [-0.3, -0.25) is 4.79 Å². The van der Waals surface area contributed by atoms with Gasteiger partial charge in [-0.1, -0.05) is 11.6 Å². The van der Waals surface area contributed by atoms with Gasteiger partial charge < -0.3 is 10.6 Å². The van der Waals surface area contributed by atoms with E-state index >= 15 is 0 Å². The maximum atomic E-state index is 11.7. The van der Waals surface area contributed by atoms with Crippen LogP contribution >= 0.6 is 22.9 Å². The van der Waals surface area contributed by atoms with Gasteiger partial charge in [-0.2, -0.15) is 0 Å². The van der Waals surface area contributed by atoms with Crippen molar-refractivity contribution >= 4 is 28.8 Å². The predicted molar refractivity (Wildman–Crippen MR) is 76.0 cm³/mol. The number of nitrogens with one attached hydrogen (secondary N) is 2. The highest BCUT2D eigenvalue weighted by Crippen LogP contribution is 2.21. The maximum absolute atomic E-state index is 11.7. The number of piperidine rings is 1. The van der Waals surface area contributed by atoms with Gasteiger partial charge in [0.15, 0.2) is 0 Å². The molecule has 0 spiro atoms. The van der Waals surface area contributed by atoms with Crippen LogP contribution in [-0.4, -0.2) is 19.0 Å². The van der Waals surface area contributed by atoms with Crippen LogP contribution in [0, 0.1) is 5.92 Å². The molecule has 3 nitrogen and oxygen atoms in total.